The quantitative estimate of drug-likeness (QED) is 0.580. The largest absolute Gasteiger partial charge is 0.375 e. The lowest BCUT2D eigenvalue weighted by molar-refractivity contribution is -0.162. The van der Waals surface area contributed by atoms with Crippen LogP contribution in [-0.4, -0.2) is 44.8 Å². The predicted molar refractivity (Wildman–Crippen MR) is 107 cm³/mol. The maximum Gasteiger partial charge on any atom is 0.270 e. The van der Waals surface area contributed by atoms with Crippen LogP contribution in [0.2, 0.25) is 0 Å². The van der Waals surface area contributed by atoms with Gasteiger partial charge in [0.1, 0.15) is 0 Å². The van der Waals surface area contributed by atoms with Crippen LogP contribution in [0.5, 0.6) is 0 Å². The molecule has 0 saturated carbocycles. The number of amides is 1. The number of para-hydroxylation sites is 1. The summed E-state index contributed by atoms with van der Waals surface area (Å²) in [5.41, 5.74) is 4.35. The van der Waals surface area contributed by atoms with Crippen LogP contribution < -0.4 is 4.90 Å². The number of benzene rings is 2. The molecule has 0 bridgehead atoms. The number of nitrogens with zero attached hydrogens (tertiary/aromatic N) is 2. The van der Waals surface area contributed by atoms with E-state index in [1.807, 2.05) is 30.3 Å². The molecular formula is C22H26N2O3. The molecule has 2 aromatic carbocycles. The molecule has 0 fully saturated rings. The summed E-state index contributed by atoms with van der Waals surface area (Å²) in [5, 5.41) is 1.23. The third-order valence-electron chi connectivity index (χ3n) is 4.94. The normalized spacial score (nSPS) is 17.7. The zero-order valence-corrected chi connectivity index (χ0v) is 16.1. The summed E-state index contributed by atoms with van der Waals surface area (Å²) >= 11 is 0. The second-order valence-electron chi connectivity index (χ2n) is 6.67. The monoisotopic (exact) mass is 366 g/mol. The topological polar surface area (TPSA) is 42.0 Å². The highest BCUT2D eigenvalue weighted by Crippen LogP contribution is 2.37. The average Bonchev–Trinajstić information content (AvgIpc) is 2.71. The number of hydroxylamine groups is 2. The molecule has 0 spiro atoms. The van der Waals surface area contributed by atoms with Gasteiger partial charge in [0.15, 0.2) is 0 Å². The van der Waals surface area contributed by atoms with Crippen LogP contribution in [0.1, 0.15) is 17.5 Å². The van der Waals surface area contributed by atoms with Gasteiger partial charge in [0.2, 0.25) is 0 Å². The molecule has 1 atom stereocenters. The molecule has 1 unspecified atom stereocenters. The molecule has 0 radical (unpaired) electrons. The lowest BCUT2D eigenvalue weighted by atomic mass is 9.91. The van der Waals surface area contributed by atoms with Crippen molar-refractivity contribution in [3.05, 3.63) is 71.8 Å². The van der Waals surface area contributed by atoms with Crippen LogP contribution in [0.3, 0.4) is 0 Å². The van der Waals surface area contributed by atoms with E-state index in [0.29, 0.717) is 13.2 Å². The molecule has 3 rings (SSSR count). The number of hydrogen-bond acceptors (Lipinski definition) is 4. The van der Waals surface area contributed by atoms with Crippen molar-refractivity contribution in [2.75, 3.05) is 32.7 Å². The van der Waals surface area contributed by atoms with Crippen molar-refractivity contribution in [2.24, 2.45) is 0 Å². The van der Waals surface area contributed by atoms with E-state index in [-0.39, 0.29) is 11.9 Å². The molecule has 1 heterocycles. The van der Waals surface area contributed by atoms with E-state index in [1.54, 1.807) is 13.1 Å². The Labute approximate surface area is 160 Å². The lowest BCUT2D eigenvalue weighted by Crippen LogP contribution is -2.39. The SMILES string of the molecule is CON(C)C(=O)/C=C1\CC(COCc2ccccc2)N(C)c2ccccc21. The molecule has 142 valence electrons. The van der Waals surface area contributed by atoms with E-state index in [4.69, 9.17) is 9.57 Å². The second kappa shape index (κ2) is 8.84. The molecule has 0 saturated heterocycles. The summed E-state index contributed by atoms with van der Waals surface area (Å²) in [5.74, 6) is -0.171. The molecule has 1 amide bonds. The van der Waals surface area contributed by atoms with E-state index in [1.165, 1.54) is 12.2 Å². The van der Waals surface area contributed by atoms with E-state index >= 15 is 0 Å². The van der Waals surface area contributed by atoms with Crippen molar-refractivity contribution in [3.8, 4) is 0 Å². The van der Waals surface area contributed by atoms with Crippen molar-refractivity contribution in [1.29, 1.82) is 0 Å². The van der Waals surface area contributed by atoms with Crippen LogP contribution in [-0.2, 0) is 21.0 Å². The third-order valence-corrected chi connectivity index (χ3v) is 4.94. The van der Waals surface area contributed by atoms with E-state index in [9.17, 15) is 4.79 Å². The van der Waals surface area contributed by atoms with Gasteiger partial charge in [0.25, 0.3) is 5.91 Å². The first-order valence-corrected chi connectivity index (χ1v) is 9.06. The minimum atomic E-state index is -0.171. The van der Waals surface area contributed by atoms with Gasteiger partial charge in [-0.25, -0.2) is 5.06 Å². The zero-order chi connectivity index (χ0) is 19.2. The fraction of sp³-hybridized carbons (Fsp3) is 0.318. The highest BCUT2D eigenvalue weighted by molar-refractivity contribution is 5.97. The van der Waals surface area contributed by atoms with Crippen molar-refractivity contribution in [1.82, 2.24) is 5.06 Å². The minimum absolute atomic E-state index is 0.163. The number of anilines is 1. The van der Waals surface area contributed by atoms with E-state index in [2.05, 4.69) is 36.2 Å². The molecule has 5 nitrogen and oxygen atoms in total. The van der Waals surface area contributed by atoms with Crippen LogP contribution in [0.4, 0.5) is 5.69 Å². The van der Waals surface area contributed by atoms with Crippen LogP contribution in [0.25, 0.3) is 5.57 Å². The molecule has 0 aliphatic carbocycles. The first kappa shape index (κ1) is 19.1. The van der Waals surface area contributed by atoms with Crippen molar-refractivity contribution in [2.45, 2.75) is 19.1 Å². The van der Waals surface area contributed by atoms with Crippen LogP contribution in [0.15, 0.2) is 60.7 Å². The Bertz CT molecular complexity index is 804. The first-order chi connectivity index (χ1) is 13.1. The van der Waals surface area contributed by atoms with E-state index in [0.717, 1.165) is 28.8 Å². The summed E-state index contributed by atoms with van der Waals surface area (Å²) in [6.45, 7) is 1.17. The van der Waals surface area contributed by atoms with Crippen LogP contribution in [0, 0.1) is 0 Å². The number of likely N-dealkylation sites (N-methyl/N-ethyl adjacent to an activating group) is 2. The van der Waals surface area contributed by atoms with Gasteiger partial charge >= 0.3 is 0 Å². The Morgan fingerprint density at radius 2 is 1.89 bits per heavy atom. The smallest absolute Gasteiger partial charge is 0.270 e. The van der Waals surface area contributed by atoms with Gasteiger partial charge in [-0.15, -0.1) is 0 Å². The number of rotatable bonds is 6. The maximum atomic E-state index is 12.3. The fourth-order valence-electron chi connectivity index (χ4n) is 3.27. The molecule has 27 heavy (non-hydrogen) atoms. The fourth-order valence-corrected chi connectivity index (χ4v) is 3.27. The summed E-state index contributed by atoms with van der Waals surface area (Å²) in [6.07, 6.45) is 2.41. The number of ether oxygens (including phenoxy) is 1. The summed E-state index contributed by atoms with van der Waals surface area (Å²) in [4.78, 5) is 19.6. The van der Waals surface area contributed by atoms with Gasteiger partial charge < -0.3 is 9.64 Å². The number of carbonyl (C=O) groups is 1. The highest BCUT2D eigenvalue weighted by Gasteiger charge is 2.27. The van der Waals surface area contributed by atoms with Crippen molar-refractivity contribution in [3.63, 3.8) is 0 Å². The molecule has 5 heteroatoms. The summed E-state index contributed by atoms with van der Waals surface area (Å²) in [7, 11) is 5.18. The standard InChI is InChI=1S/C22H26N2O3/c1-23-19(16-27-15-17-9-5-4-6-10-17)13-18(14-22(25)24(2)26-3)20-11-7-8-12-21(20)23/h4-12,14,19H,13,15-16H2,1-3H3/b18-14+. The van der Waals surface area contributed by atoms with Gasteiger partial charge in [-0.2, -0.15) is 0 Å². The van der Waals surface area contributed by atoms with Gasteiger partial charge in [-0.1, -0.05) is 48.5 Å². The summed E-state index contributed by atoms with van der Waals surface area (Å²) in [6, 6.07) is 18.5. The molecule has 0 aromatic heterocycles. The van der Waals surface area contributed by atoms with Crippen molar-refractivity contribution >= 4 is 17.2 Å². The van der Waals surface area contributed by atoms with Gasteiger partial charge in [-0.3, -0.25) is 9.63 Å². The van der Waals surface area contributed by atoms with Crippen LogP contribution >= 0.6 is 0 Å². The van der Waals surface area contributed by atoms with E-state index < -0.39 is 0 Å². The molecular weight excluding hydrogens is 340 g/mol. The van der Waals surface area contributed by atoms with Gasteiger partial charge in [0, 0.05) is 31.4 Å². The van der Waals surface area contributed by atoms with Gasteiger partial charge in [0.05, 0.1) is 26.4 Å². The average molecular weight is 366 g/mol. The number of carbonyl (C=O) groups excluding carboxylic acids is 1. The van der Waals surface area contributed by atoms with Gasteiger partial charge in [-0.05, 0) is 23.6 Å². The second-order valence-corrected chi connectivity index (χ2v) is 6.67. The first-order valence-electron chi connectivity index (χ1n) is 9.06. The molecule has 2 aromatic rings. The number of fused-ring (bicyclic) bond motifs is 1. The minimum Gasteiger partial charge on any atom is -0.375 e. The summed E-state index contributed by atoms with van der Waals surface area (Å²) < 4.78 is 5.98. The predicted octanol–water partition coefficient (Wildman–Crippen LogP) is 3.52. The zero-order valence-electron chi connectivity index (χ0n) is 16.1. The lowest BCUT2D eigenvalue weighted by Gasteiger charge is -2.37. The number of hydrogen-bond donors (Lipinski definition) is 0. The Morgan fingerprint density at radius 1 is 1.19 bits per heavy atom. The Balaban J connectivity index is 1.76. The molecule has 1 aliphatic heterocycles. The Morgan fingerprint density at radius 3 is 2.63 bits per heavy atom. The molecule has 1 aliphatic rings. The maximum absolute atomic E-state index is 12.3. The highest BCUT2D eigenvalue weighted by atomic mass is 16.7. The van der Waals surface area contributed by atoms with Crippen molar-refractivity contribution < 1.29 is 14.4 Å². The Kier molecular flexibility index (Phi) is 6.27. The molecule has 0 N–H and O–H groups in total. The Hall–Kier alpha value is -2.63. The third kappa shape index (κ3) is 4.56.